The molecule has 4 aromatic rings. The fourth-order valence-electron chi connectivity index (χ4n) is 2.42. The molecule has 20 heavy (non-hydrogen) atoms. The summed E-state index contributed by atoms with van der Waals surface area (Å²) in [7, 11) is 0. The largest absolute Gasteiger partial charge is 0.456 e. The number of fused-ring (bicyclic) bond motifs is 3. The van der Waals surface area contributed by atoms with Crippen molar-refractivity contribution in [3.63, 3.8) is 0 Å². The third-order valence-electron chi connectivity index (χ3n) is 3.48. The van der Waals surface area contributed by atoms with Crippen LogP contribution in [0.2, 0.25) is 0 Å². The normalized spacial score (nSPS) is 11.2. The molecule has 0 aliphatic heterocycles. The summed E-state index contributed by atoms with van der Waals surface area (Å²) in [4.78, 5) is 8.65. The molecular formula is C17H12N2O. The molecule has 0 saturated carbocycles. The van der Waals surface area contributed by atoms with E-state index >= 15 is 0 Å². The van der Waals surface area contributed by atoms with Crippen molar-refractivity contribution in [2.75, 3.05) is 0 Å². The summed E-state index contributed by atoms with van der Waals surface area (Å²) in [6.45, 7) is 2.04. The van der Waals surface area contributed by atoms with Gasteiger partial charge in [-0.05, 0) is 42.8 Å². The van der Waals surface area contributed by atoms with Gasteiger partial charge in [0.1, 0.15) is 11.2 Å². The maximum atomic E-state index is 5.80. The van der Waals surface area contributed by atoms with Crippen molar-refractivity contribution in [3.05, 3.63) is 60.6 Å². The minimum Gasteiger partial charge on any atom is -0.456 e. The minimum atomic E-state index is 0.865. The molecule has 3 aromatic heterocycles. The summed E-state index contributed by atoms with van der Waals surface area (Å²) < 4.78 is 5.80. The third kappa shape index (κ3) is 1.67. The second-order valence-corrected chi connectivity index (χ2v) is 4.91. The predicted molar refractivity (Wildman–Crippen MR) is 79.5 cm³/mol. The average Bonchev–Trinajstić information content (AvgIpc) is 2.86. The number of aryl methyl sites for hydroxylation is 1. The lowest BCUT2D eigenvalue weighted by Crippen LogP contribution is -1.83. The van der Waals surface area contributed by atoms with E-state index in [-0.39, 0.29) is 0 Å². The molecule has 1 aromatic carbocycles. The lowest BCUT2D eigenvalue weighted by molar-refractivity contribution is 0.668. The van der Waals surface area contributed by atoms with E-state index in [9.17, 15) is 0 Å². The Morgan fingerprint density at radius 3 is 2.65 bits per heavy atom. The van der Waals surface area contributed by atoms with Gasteiger partial charge in [0.2, 0.25) is 0 Å². The monoisotopic (exact) mass is 260 g/mol. The molecule has 0 spiro atoms. The highest BCUT2D eigenvalue weighted by molar-refractivity contribution is 6.05. The SMILES string of the molecule is Cc1ccc(-c2ccc3oc4ccncc4c3c2)nc1. The van der Waals surface area contributed by atoms with Crippen LogP contribution >= 0.6 is 0 Å². The molecule has 0 fully saturated rings. The summed E-state index contributed by atoms with van der Waals surface area (Å²) in [5.41, 5.74) is 4.96. The van der Waals surface area contributed by atoms with Crippen molar-refractivity contribution >= 4 is 21.9 Å². The maximum Gasteiger partial charge on any atom is 0.138 e. The van der Waals surface area contributed by atoms with E-state index < -0.39 is 0 Å². The van der Waals surface area contributed by atoms with Crippen LogP contribution in [0, 0.1) is 6.92 Å². The topological polar surface area (TPSA) is 38.9 Å². The Labute approximate surface area is 115 Å². The van der Waals surface area contributed by atoms with E-state index in [4.69, 9.17) is 4.42 Å². The molecule has 3 heterocycles. The Morgan fingerprint density at radius 1 is 0.900 bits per heavy atom. The van der Waals surface area contributed by atoms with Crippen molar-refractivity contribution in [1.29, 1.82) is 0 Å². The lowest BCUT2D eigenvalue weighted by atomic mass is 10.1. The van der Waals surface area contributed by atoms with E-state index in [2.05, 4.69) is 22.1 Å². The average molecular weight is 260 g/mol. The van der Waals surface area contributed by atoms with Crippen molar-refractivity contribution in [3.8, 4) is 11.3 Å². The fourth-order valence-corrected chi connectivity index (χ4v) is 2.42. The summed E-state index contributed by atoms with van der Waals surface area (Å²) >= 11 is 0. The van der Waals surface area contributed by atoms with Crippen LogP contribution in [0.25, 0.3) is 33.2 Å². The van der Waals surface area contributed by atoms with Gasteiger partial charge in [0.15, 0.2) is 0 Å². The van der Waals surface area contributed by atoms with Gasteiger partial charge in [-0.25, -0.2) is 0 Å². The van der Waals surface area contributed by atoms with Gasteiger partial charge in [0.25, 0.3) is 0 Å². The zero-order valence-electron chi connectivity index (χ0n) is 11.0. The minimum absolute atomic E-state index is 0.865. The number of rotatable bonds is 1. The molecule has 0 amide bonds. The molecular weight excluding hydrogens is 248 g/mol. The second kappa shape index (κ2) is 4.17. The van der Waals surface area contributed by atoms with E-state index in [0.29, 0.717) is 0 Å². The van der Waals surface area contributed by atoms with Crippen molar-refractivity contribution in [2.24, 2.45) is 0 Å². The van der Waals surface area contributed by atoms with Crippen molar-refractivity contribution < 1.29 is 4.42 Å². The second-order valence-electron chi connectivity index (χ2n) is 4.91. The first-order valence-corrected chi connectivity index (χ1v) is 6.50. The number of hydrogen-bond donors (Lipinski definition) is 0. The highest BCUT2D eigenvalue weighted by atomic mass is 16.3. The van der Waals surface area contributed by atoms with E-state index in [1.165, 1.54) is 0 Å². The number of aromatic nitrogens is 2. The third-order valence-corrected chi connectivity index (χ3v) is 3.48. The lowest BCUT2D eigenvalue weighted by Gasteiger charge is -2.01. The molecule has 0 unspecified atom stereocenters. The van der Waals surface area contributed by atoms with Gasteiger partial charge < -0.3 is 4.42 Å². The molecule has 0 aliphatic carbocycles. The summed E-state index contributed by atoms with van der Waals surface area (Å²) in [5, 5.41) is 2.12. The summed E-state index contributed by atoms with van der Waals surface area (Å²) in [6, 6.07) is 12.1. The van der Waals surface area contributed by atoms with E-state index in [1.54, 1.807) is 6.20 Å². The quantitative estimate of drug-likeness (QED) is 0.510. The first-order valence-electron chi connectivity index (χ1n) is 6.50. The first kappa shape index (κ1) is 11.2. The molecule has 0 atom stereocenters. The van der Waals surface area contributed by atoms with Crippen molar-refractivity contribution in [2.45, 2.75) is 6.92 Å². The molecule has 3 nitrogen and oxygen atoms in total. The molecule has 0 radical (unpaired) electrons. The van der Waals surface area contributed by atoms with Crippen LogP contribution in [-0.4, -0.2) is 9.97 Å². The number of pyridine rings is 2. The molecule has 0 bridgehead atoms. The summed E-state index contributed by atoms with van der Waals surface area (Å²) in [6.07, 6.45) is 5.47. The highest BCUT2D eigenvalue weighted by Crippen LogP contribution is 2.31. The van der Waals surface area contributed by atoms with Gasteiger partial charge in [-0.2, -0.15) is 0 Å². The fraction of sp³-hybridized carbons (Fsp3) is 0.0588. The Morgan fingerprint density at radius 2 is 1.80 bits per heavy atom. The van der Waals surface area contributed by atoms with Gasteiger partial charge in [0, 0.05) is 34.9 Å². The number of nitrogens with zero attached hydrogens (tertiary/aromatic N) is 2. The number of benzene rings is 1. The smallest absolute Gasteiger partial charge is 0.138 e. The van der Waals surface area contributed by atoms with E-state index in [0.717, 1.165) is 38.8 Å². The van der Waals surface area contributed by atoms with Gasteiger partial charge >= 0.3 is 0 Å². The zero-order valence-corrected chi connectivity index (χ0v) is 11.0. The standard InChI is InChI=1S/C17H12N2O/c1-11-2-4-15(19-9-11)12-3-5-16-13(8-12)14-10-18-7-6-17(14)20-16/h2-10H,1H3. The number of hydrogen-bond acceptors (Lipinski definition) is 3. The van der Waals surface area contributed by atoms with Crippen molar-refractivity contribution in [1.82, 2.24) is 9.97 Å². The molecule has 3 heteroatoms. The molecule has 96 valence electrons. The van der Waals surface area contributed by atoms with Gasteiger partial charge in [-0.15, -0.1) is 0 Å². The Hall–Kier alpha value is -2.68. The summed E-state index contributed by atoms with van der Waals surface area (Å²) in [5.74, 6) is 0. The van der Waals surface area contributed by atoms with Crippen LogP contribution < -0.4 is 0 Å². The molecule has 0 aliphatic rings. The van der Waals surface area contributed by atoms with Crippen LogP contribution in [0.15, 0.2) is 59.4 Å². The van der Waals surface area contributed by atoms with Gasteiger partial charge in [-0.3, -0.25) is 9.97 Å². The Kier molecular flexibility index (Phi) is 2.33. The Bertz CT molecular complexity index is 907. The van der Waals surface area contributed by atoms with Gasteiger partial charge in [-0.1, -0.05) is 6.07 Å². The zero-order chi connectivity index (χ0) is 13.5. The molecule has 4 rings (SSSR count). The van der Waals surface area contributed by atoms with Crippen LogP contribution in [0.3, 0.4) is 0 Å². The van der Waals surface area contributed by atoms with Crippen LogP contribution in [0.4, 0.5) is 0 Å². The molecule has 0 N–H and O–H groups in total. The highest BCUT2D eigenvalue weighted by Gasteiger charge is 2.08. The molecule has 0 saturated heterocycles. The van der Waals surface area contributed by atoms with Crippen LogP contribution in [-0.2, 0) is 0 Å². The van der Waals surface area contributed by atoms with Crippen LogP contribution in [0.5, 0.6) is 0 Å². The van der Waals surface area contributed by atoms with E-state index in [1.807, 2.05) is 43.6 Å². The van der Waals surface area contributed by atoms with Gasteiger partial charge in [0.05, 0.1) is 5.69 Å². The maximum absolute atomic E-state index is 5.80. The van der Waals surface area contributed by atoms with Crippen LogP contribution in [0.1, 0.15) is 5.56 Å². The first-order chi connectivity index (χ1) is 9.81. The predicted octanol–water partition coefficient (Wildman–Crippen LogP) is 4.35. The Balaban J connectivity index is 1.97. The number of furan rings is 1.